The van der Waals surface area contributed by atoms with Crippen molar-refractivity contribution in [3.05, 3.63) is 41.7 Å². The summed E-state index contributed by atoms with van der Waals surface area (Å²) < 4.78 is 0. The monoisotopic (exact) mass is 371 g/mol. The lowest BCUT2D eigenvalue weighted by Gasteiger charge is -2.24. The van der Waals surface area contributed by atoms with Crippen LogP contribution < -0.4 is 5.32 Å². The number of rotatable bonds is 6. The smallest absolute Gasteiger partial charge is 0.224 e. The molecule has 1 amide bonds. The van der Waals surface area contributed by atoms with Crippen molar-refractivity contribution in [3.63, 3.8) is 0 Å². The van der Waals surface area contributed by atoms with Crippen LogP contribution in [0.3, 0.4) is 0 Å². The van der Waals surface area contributed by atoms with Crippen molar-refractivity contribution in [1.29, 1.82) is 0 Å². The van der Waals surface area contributed by atoms with Crippen LogP contribution in [0.1, 0.15) is 36.7 Å². The van der Waals surface area contributed by atoms with Crippen LogP contribution in [0.2, 0.25) is 0 Å². The first kappa shape index (κ1) is 17.5. The number of H-pyrrole nitrogens is 1. The summed E-state index contributed by atoms with van der Waals surface area (Å²) in [5.74, 6) is 1.90. The van der Waals surface area contributed by atoms with Crippen molar-refractivity contribution >= 4 is 17.7 Å². The van der Waals surface area contributed by atoms with Gasteiger partial charge in [-0.25, -0.2) is 4.98 Å². The van der Waals surface area contributed by atoms with E-state index >= 15 is 0 Å². The Hall–Kier alpha value is -1.86. The van der Waals surface area contributed by atoms with Crippen LogP contribution in [0.5, 0.6) is 0 Å². The van der Waals surface area contributed by atoms with E-state index in [1.165, 1.54) is 12.0 Å². The van der Waals surface area contributed by atoms with Gasteiger partial charge in [0.1, 0.15) is 5.82 Å². The van der Waals surface area contributed by atoms with E-state index in [0.29, 0.717) is 18.6 Å². The highest BCUT2D eigenvalue weighted by Crippen LogP contribution is 2.44. The van der Waals surface area contributed by atoms with Crippen LogP contribution in [0.15, 0.2) is 35.5 Å². The van der Waals surface area contributed by atoms with Gasteiger partial charge in [-0.15, -0.1) is 5.10 Å². The van der Waals surface area contributed by atoms with Gasteiger partial charge < -0.3 is 5.32 Å². The number of nitrogens with one attached hydrogen (secondary N) is 2. The number of amides is 1. The van der Waals surface area contributed by atoms with Gasteiger partial charge in [0.25, 0.3) is 0 Å². The van der Waals surface area contributed by atoms with Crippen LogP contribution >= 0.6 is 11.8 Å². The van der Waals surface area contributed by atoms with Gasteiger partial charge >= 0.3 is 0 Å². The Morgan fingerprint density at radius 1 is 1.38 bits per heavy atom. The van der Waals surface area contributed by atoms with Gasteiger partial charge in [-0.1, -0.05) is 42.1 Å². The molecule has 26 heavy (non-hydrogen) atoms. The Morgan fingerprint density at radius 2 is 2.23 bits per heavy atom. The number of carbonyl (C=O) groups is 1. The molecule has 138 valence electrons. The highest BCUT2D eigenvalue weighted by molar-refractivity contribution is 7.99. The fourth-order valence-electron chi connectivity index (χ4n) is 4.29. The second-order valence-electron chi connectivity index (χ2n) is 7.06. The van der Waals surface area contributed by atoms with Gasteiger partial charge in [0.15, 0.2) is 0 Å². The zero-order chi connectivity index (χ0) is 17.9. The second-order valence-corrected chi connectivity index (χ2v) is 8.12. The normalized spacial score (nSPS) is 25.3. The third kappa shape index (κ3) is 3.64. The van der Waals surface area contributed by atoms with E-state index in [1.54, 1.807) is 11.8 Å². The van der Waals surface area contributed by atoms with Gasteiger partial charge in [0.05, 0.1) is 5.92 Å². The van der Waals surface area contributed by atoms with Crippen LogP contribution in [-0.4, -0.2) is 50.9 Å². The molecule has 2 aromatic rings. The molecular formula is C19H25N5OS. The number of benzene rings is 1. The van der Waals surface area contributed by atoms with E-state index in [0.717, 1.165) is 36.1 Å². The molecule has 2 saturated heterocycles. The number of aromatic amines is 1. The Morgan fingerprint density at radius 3 is 3.00 bits per heavy atom. The van der Waals surface area contributed by atoms with E-state index in [-0.39, 0.29) is 11.8 Å². The third-order valence-corrected chi connectivity index (χ3v) is 6.26. The number of fused-ring (bicyclic) bond motifs is 1. The predicted molar refractivity (Wildman–Crippen MR) is 102 cm³/mol. The zero-order valence-electron chi connectivity index (χ0n) is 15.0. The number of hydrogen-bond donors (Lipinski definition) is 2. The number of thioether (sulfide) groups is 1. The van der Waals surface area contributed by atoms with Gasteiger partial charge in [-0.2, -0.15) is 0 Å². The van der Waals surface area contributed by atoms with Gasteiger partial charge in [0, 0.05) is 24.4 Å². The average molecular weight is 372 g/mol. The van der Waals surface area contributed by atoms with Crippen molar-refractivity contribution in [1.82, 2.24) is 25.4 Å². The molecule has 4 rings (SSSR count). The van der Waals surface area contributed by atoms with Crippen molar-refractivity contribution in [3.8, 4) is 0 Å². The molecule has 2 N–H and O–H groups in total. The largest absolute Gasteiger partial charge is 0.355 e. The fourth-order valence-corrected chi connectivity index (χ4v) is 4.98. The zero-order valence-corrected chi connectivity index (χ0v) is 15.8. The Balaban J connectivity index is 1.32. The van der Waals surface area contributed by atoms with E-state index in [1.807, 2.05) is 6.92 Å². The quantitative estimate of drug-likeness (QED) is 0.603. The maximum absolute atomic E-state index is 12.8. The Kier molecular flexibility index (Phi) is 5.26. The molecular weight excluding hydrogens is 346 g/mol. The molecule has 0 radical (unpaired) electrons. The minimum atomic E-state index is 0.0958. The predicted octanol–water partition coefficient (Wildman–Crippen LogP) is 2.55. The molecule has 0 saturated carbocycles. The number of aryl methyl sites for hydroxylation is 1. The number of hydrogen-bond acceptors (Lipinski definition) is 5. The summed E-state index contributed by atoms with van der Waals surface area (Å²) in [6.07, 6.45) is 3.25. The van der Waals surface area contributed by atoms with E-state index in [4.69, 9.17) is 0 Å². The summed E-state index contributed by atoms with van der Waals surface area (Å²) in [7, 11) is 0. The Labute approximate surface area is 158 Å². The molecule has 0 bridgehead atoms. The van der Waals surface area contributed by atoms with Gasteiger partial charge in [-0.05, 0) is 38.3 Å². The lowest BCUT2D eigenvalue weighted by molar-refractivity contribution is -0.125. The summed E-state index contributed by atoms with van der Waals surface area (Å²) in [5.41, 5.74) is 1.34. The SMILES string of the molecule is Cc1nc(SCCNC(=O)[C@@H]2C[C@H](c3ccccc3)N3CCC[C@@H]23)n[nH]1. The fraction of sp³-hybridized carbons (Fsp3) is 0.526. The highest BCUT2D eigenvalue weighted by atomic mass is 32.2. The molecule has 3 atom stereocenters. The van der Waals surface area contributed by atoms with Crippen molar-refractivity contribution < 1.29 is 4.79 Å². The third-order valence-electron chi connectivity index (χ3n) is 5.41. The first-order chi connectivity index (χ1) is 12.7. The molecule has 7 heteroatoms. The maximum Gasteiger partial charge on any atom is 0.224 e. The highest BCUT2D eigenvalue weighted by Gasteiger charge is 2.46. The standard InChI is InChI=1S/C19H25N5OS/c1-13-21-19(23-22-13)26-11-9-20-18(25)15-12-17(14-6-3-2-4-7-14)24-10-5-8-16(15)24/h2-4,6-7,15-17H,5,8-12H2,1H3,(H,20,25)(H,21,22,23)/t15-,16+,17-/m1/s1. The molecule has 0 spiro atoms. The van der Waals surface area contributed by atoms with Crippen LogP contribution in [0.25, 0.3) is 0 Å². The van der Waals surface area contributed by atoms with Crippen molar-refractivity contribution in [2.45, 2.75) is 43.4 Å². The maximum atomic E-state index is 12.8. The van der Waals surface area contributed by atoms with Crippen molar-refractivity contribution in [2.24, 2.45) is 5.92 Å². The summed E-state index contributed by atoms with van der Waals surface area (Å²) in [5, 5.41) is 10.8. The molecule has 2 aliphatic rings. The second kappa shape index (κ2) is 7.80. The minimum absolute atomic E-state index is 0.0958. The topological polar surface area (TPSA) is 73.9 Å². The lowest BCUT2D eigenvalue weighted by atomic mass is 9.93. The Bertz CT molecular complexity index is 749. The molecule has 2 aliphatic heterocycles. The summed E-state index contributed by atoms with van der Waals surface area (Å²) in [4.78, 5) is 19.6. The van der Waals surface area contributed by atoms with Crippen LogP contribution in [0, 0.1) is 12.8 Å². The summed E-state index contributed by atoms with van der Waals surface area (Å²) in [6, 6.07) is 11.4. The lowest BCUT2D eigenvalue weighted by Crippen LogP contribution is -2.38. The first-order valence-corrected chi connectivity index (χ1v) is 10.3. The van der Waals surface area contributed by atoms with E-state index in [2.05, 4.69) is 55.7 Å². The van der Waals surface area contributed by atoms with E-state index in [9.17, 15) is 4.79 Å². The van der Waals surface area contributed by atoms with Gasteiger partial charge in [-0.3, -0.25) is 14.8 Å². The molecule has 1 aromatic carbocycles. The number of nitrogens with zero attached hydrogens (tertiary/aromatic N) is 3. The van der Waals surface area contributed by atoms with Crippen molar-refractivity contribution in [2.75, 3.05) is 18.8 Å². The number of aromatic nitrogens is 3. The summed E-state index contributed by atoms with van der Waals surface area (Å²) in [6.45, 7) is 3.64. The van der Waals surface area contributed by atoms with Crippen LogP contribution in [-0.2, 0) is 4.79 Å². The minimum Gasteiger partial charge on any atom is -0.355 e. The molecule has 2 fully saturated rings. The van der Waals surface area contributed by atoms with Gasteiger partial charge in [0.2, 0.25) is 11.1 Å². The molecule has 0 unspecified atom stereocenters. The number of carbonyl (C=O) groups excluding carboxylic acids is 1. The summed E-state index contributed by atoms with van der Waals surface area (Å²) >= 11 is 1.56. The van der Waals surface area contributed by atoms with Crippen LogP contribution in [0.4, 0.5) is 0 Å². The average Bonchev–Trinajstić information content (AvgIpc) is 3.36. The molecule has 3 heterocycles. The molecule has 1 aromatic heterocycles. The van der Waals surface area contributed by atoms with E-state index < -0.39 is 0 Å². The molecule has 0 aliphatic carbocycles. The molecule has 6 nitrogen and oxygen atoms in total. The first-order valence-electron chi connectivity index (χ1n) is 9.32.